The van der Waals surface area contributed by atoms with Crippen molar-refractivity contribution in [1.29, 1.82) is 0 Å². The first-order chi connectivity index (χ1) is 10.9. The number of rotatable bonds is 6. The zero-order valence-corrected chi connectivity index (χ0v) is 13.3. The summed E-state index contributed by atoms with van der Waals surface area (Å²) in [5.41, 5.74) is 0.786. The second-order valence-electron chi connectivity index (χ2n) is 5.04. The molecule has 0 aromatic heterocycles. The van der Waals surface area contributed by atoms with Gasteiger partial charge in [0.05, 0.1) is 0 Å². The number of carbonyl (C=O) groups excluding carboxylic acids is 4. The van der Waals surface area contributed by atoms with Crippen molar-refractivity contribution in [2.75, 3.05) is 13.1 Å². The molecule has 2 rings (SSSR count). The molecule has 0 saturated carbocycles. The van der Waals surface area contributed by atoms with Crippen molar-refractivity contribution in [1.82, 2.24) is 15.1 Å². The van der Waals surface area contributed by atoms with Crippen molar-refractivity contribution in [3.8, 4) is 0 Å². The van der Waals surface area contributed by atoms with Gasteiger partial charge in [0.2, 0.25) is 5.91 Å². The monoisotopic (exact) mass is 337 g/mol. The van der Waals surface area contributed by atoms with Crippen LogP contribution in [0.2, 0.25) is 5.02 Å². The second kappa shape index (κ2) is 7.23. The van der Waals surface area contributed by atoms with Gasteiger partial charge in [0, 0.05) is 18.1 Å². The van der Waals surface area contributed by atoms with Gasteiger partial charge in [0.1, 0.15) is 6.54 Å². The van der Waals surface area contributed by atoms with Gasteiger partial charge in [-0.25, -0.2) is 9.69 Å². The number of hydrogen-bond acceptors (Lipinski definition) is 4. The molecule has 0 aliphatic carbocycles. The second-order valence-corrected chi connectivity index (χ2v) is 5.47. The highest BCUT2D eigenvalue weighted by molar-refractivity contribution is 6.45. The molecule has 8 heteroatoms. The molecule has 122 valence electrons. The Balaban J connectivity index is 1.93. The maximum absolute atomic E-state index is 12.0. The van der Waals surface area contributed by atoms with Gasteiger partial charge < -0.3 is 5.32 Å². The average molecular weight is 338 g/mol. The van der Waals surface area contributed by atoms with Crippen LogP contribution in [0, 0.1) is 0 Å². The van der Waals surface area contributed by atoms with E-state index in [4.69, 9.17) is 11.6 Å². The summed E-state index contributed by atoms with van der Waals surface area (Å²) in [5, 5.41) is 3.13. The smallest absolute Gasteiger partial charge is 0.334 e. The van der Waals surface area contributed by atoms with E-state index in [1.165, 1.54) is 0 Å². The SMILES string of the molecule is CCCN1C(=O)C(=O)N(CC(=O)NCc2cccc(Cl)c2)C1=O. The molecular formula is C15H16ClN3O4. The summed E-state index contributed by atoms with van der Waals surface area (Å²) in [6, 6.07) is 6.19. The first-order valence-corrected chi connectivity index (χ1v) is 7.50. The summed E-state index contributed by atoms with van der Waals surface area (Å²) >= 11 is 5.84. The number of carbonyl (C=O) groups is 4. The maximum Gasteiger partial charge on any atom is 0.334 e. The van der Waals surface area contributed by atoms with Crippen LogP contribution in [0.4, 0.5) is 4.79 Å². The predicted octanol–water partition coefficient (Wildman–Crippen LogP) is 1.16. The average Bonchev–Trinajstić information content (AvgIpc) is 2.71. The van der Waals surface area contributed by atoms with E-state index in [9.17, 15) is 19.2 Å². The molecule has 1 aliphatic rings. The van der Waals surface area contributed by atoms with Gasteiger partial charge in [0.25, 0.3) is 0 Å². The number of urea groups is 1. The Bertz CT molecular complexity index is 662. The minimum atomic E-state index is -0.971. The van der Waals surface area contributed by atoms with Gasteiger partial charge >= 0.3 is 17.8 Å². The fourth-order valence-electron chi connectivity index (χ4n) is 2.16. The number of nitrogens with one attached hydrogen (secondary N) is 1. The maximum atomic E-state index is 12.0. The molecule has 0 unspecified atom stereocenters. The molecule has 7 nitrogen and oxygen atoms in total. The number of nitrogens with zero attached hydrogens (tertiary/aromatic N) is 2. The van der Waals surface area contributed by atoms with Crippen molar-refractivity contribution >= 4 is 35.4 Å². The number of imide groups is 2. The van der Waals surface area contributed by atoms with Crippen LogP contribution in [-0.2, 0) is 20.9 Å². The molecular weight excluding hydrogens is 322 g/mol. The summed E-state index contributed by atoms with van der Waals surface area (Å²) in [7, 11) is 0. The van der Waals surface area contributed by atoms with Crippen molar-refractivity contribution in [2.24, 2.45) is 0 Å². The van der Waals surface area contributed by atoms with Crippen LogP contribution >= 0.6 is 11.6 Å². The Kier molecular flexibility index (Phi) is 5.33. The molecule has 1 aromatic rings. The van der Waals surface area contributed by atoms with Gasteiger partial charge in [-0.05, 0) is 24.1 Å². The van der Waals surface area contributed by atoms with Gasteiger partial charge in [-0.1, -0.05) is 30.7 Å². The Labute approximate surface area is 138 Å². The molecule has 1 fully saturated rings. The lowest BCUT2D eigenvalue weighted by Crippen LogP contribution is -2.41. The normalized spacial score (nSPS) is 14.6. The first kappa shape index (κ1) is 17.0. The topological polar surface area (TPSA) is 86.8 Å². The Hall–Kier alpha value is -2.41. The first-order valence-electron chi connectivity index (χ1n) is 7.12. The summed E-state index contributed by atoms with van der Waals surface area (Å²) in [5.74, 6) is -2.39. The lowest BCUT2D eigenvalue weighted by Gasteiger charge is -2.14. The van der Waals surface area contributed by atoms with Crippen molar-refractivity contribution in [2.45, 2.75) is 19.9 Å². The number of benzene rings is 1. The van der Waals surface area contributed by atoms with Crippen LogP contribution in [-0.4, -0.2) is 46.6 Å². The minimum absolute atomic E-state index is 0.157. The van der Waals surface area contributed by atoms with Gasteiger partial charge in [0.15, 0.2) is 0 Å². The lowest BCUT2D eigenvalue weighted by atomic mass is 10.2. The molecule has 1 aromatic carbocycles. The van der Waals surface area contributed by atoms with Crippen LogP contribution in [0.3, 0.4) is 0 Å². The Morgan fingerprint density at radius 2 is 1.87 bits per heavy atom. The fraction of sp³-hybridized carbons (Fsp3) is 0.333. The molecule has 1 N–H and O–H groups in total. The molecule has 1 saturated heterocycles. The van der Waals surface area contributed by atoms with E-state index in [-0.39, 0.29) is 13.1 Å². The molecule has 0 spiro atoms. The quantitative estimate of drug-likeness (QED) is 0.623. The van der Waals surface area contributed by atoms with E-state index in [1.54, 1.807) is 31.2 Å². The van der Waals surface area contributed by atoms with Crippen LogP contribution in [0.5, 0.6) is 0 Å². The van der Waals surface area contributed by atoms with Gasteiger partial charge in [-0.2, -0.15) is 0 Å². The number of halogens is 1. The Morgan fingerprint density at radius 1 is 1.17 bits per heavy atom. The molecule has 23 heavy (non-hydrogen) atoms. The largest absolute Gasteiger partial charge is 0.350 e. The molecule has 0 bridgehead atoms. The molecule has 1 heterocycles. The highest BCUT2D eigenvalue weighted by Crippen LogP contribution is 2.13. The third-order valence-corrected chi connectivity index (χ3v) is 3.50. The highest BCUT2D eigenvalue weighted by atomic mass is 35.5. The highest BCUT2D eigenvalue weighted by Gasteiger charge is 2.44. The van der Waals surface area contributed by atoms with E-state index in [1.807, 2.05) is 0 Å². The third-order valence-electron chi connectivity index (χ3n) is 3.26. The number of amides is 5. The van der Waals surface area contributed by atoms with Crippen molar-refractivity contribution < 1.29 is 19.2 Å². The van der Waals surface area contributed by atoms with Crippen molar-refractivity contribution in [3.05, 3.63) is 34.9 Å². The van der Waals surface area contributed by atoms with Gasteiger partial charge in [-0.15, -0.1) is 0 Å². The zero-order valence-electron chi connectivity index (χ0n) is 12.5. The predicted molar refractivity (Wildman–Crippen MR) is 82.4 cm³/mol. The van der Waals surface area contributed by atoms with E-state index in [0.717, 1.165) is 10.5 Å². The molecule has 0 atom stereocenters. The summed E-state index contributed by atoms with van der Waals surface area (Å²) in [4.78, 5) is 48.8. The molecule has 0 radical (unpaired) electrons. The lowest BCUT2D eigenvalue weighted by molar-refractivity contribution is -0.144. The van der Waals surface area contributed by atoms with E-state index < -0.39 is 30.3 Å². The zero-order chi connectivity index (χ0) is 17.0. The summed E-state index contributed by atoms with van der Waals surface area (Å²) < 4.78 is 0. The minimum Gasteiger partial charge on any atom is -0.350 e. The number of hydrogen-bond donors (Lipinski definition) is 1. The van der Waals surface area contributed by atoms with Crippen LogP contribution in [0.1, 0.15) is 18.9 Å². The fourth-order valence-corrected chi connectivity index (χ4v) is 2.37. The van der Waals surface area contributed by atoms with Crippen LogP contribution in [0.25, 0.3) is 0 Å². The van der Waals surface area contributed by atoms with Crippen molar-refractivity contribution in [3.63, 3.8) is 0 Å². The van der Waals surface area contributed by atoms with E-state index >= 15 is 0 Å². The third kappa shape index (κ3) is 3.87. The van der Waals surface area contributed by atoms with Gasteiger partial charge in [-0.3, -0.25) is 19.3 Å². The molecule has 1 aliphatic heterocycles. The van der Waals surface area contributed by atoms with E-state index in [2.05, 4.69) is 5.32 Å². The summed E-state index contributed by atoms with van der Waals surface area (Å²) in [6.45, 7) is 1.67. The standard InChI is InChI=1S/C15H16ClN3O4/c1-2-6-18-13(21)14(22)19(15(18)23)9-12(20)17-8-10-4-3-5-11(16)7-10/h3-5,7H,2,6,8-9H2,1H3,(H,17,20). The van der Waals surface area contributed by atoms with E-state index in [0.29, 0.717) is 16.3 Å². The molecule has 5 amide bonds. The van der Waals surface area contributed by atoms with Crippen LogP contribution < -0.4 is 5.32 Å². The van der Waals surface area contributed by atoms with Crippen LogP contribution in [0.15, 0.2) is 24.3 Å². The summed E-state index contributed by atoms with van der Waals surface area (Å²) in [6.07, 6.45) is 0.541. The Morgan fingerprint density at radius 3 is 2.52 bits per heavy atom.